The number of rotatable bonds is 2. The Labute approximate surface area is 86.6 Å². The molecule has 5 nitrogen and oxygen atoms in total. The standard InChI is InChI=1S/C10H10NO4/c12-10(13)11-5-7-6-14-8-3-1-2-4-9(8)15-7/h1-4,7,11H,5-6H2. The van der Waals surface area contributed by atoms with Gasteiger partial charge in [0.15, 0.2) is 17.6 Å². The highest BCUT2D eigenvalue weighted by Crippen LogP contribution is 2.30. The number of hydrogen-bond acceptors (Lipinski definition) is 3. The summed E-state index contributed by atoms with van der Waals surface area (Å²) in [6, 6.07) is 7.26. The van der Waals surface area contributed by atoms with Crippen LogP contribution in [0.1, 0.15) is 0 Å². The van der Waals surface area contributed by atoms with Gasteiger partial charge in [0.2, 0.25) is 0 Å². The fourth-order valence-electron chi connectivity index (χ4n) is 1.36. The zero-order chi connectivity index (χ0) is 10.7. The Bertz CT molecular complexity index is 366. The van der Waals surface area contributed by atoms with Crippen molar-refractivity contribution in [2.75, 3.05) is 13.2 Å². The van der Waals surface area contributed by atoms with E-state index in [1.165, 1.54) is 0 Å². The summed E-state index contributed by atoms with van der Waals surface area (Å²) in [6.07, 6.45) is -1.62. The van der Waals surface area contributed by atoms with Gasteiger partial charge in [0, 0.05) is 0 Å². The first kappa shape index (κ1) is 9.64. The molecule has 79 valence electrons. The van der Waals surface area contributed by atoms with E-state index in [1.54, 1.807) is 12.1 Å². The maximum atomic E-state index is 10.2. The monoisotopic (exact) mass is 208 g/mol. The molecule has 0 saturated carbocycles. The lowest BCUT2D eigenvalue weighted by Gasteiger charge is -2.25. The maximum Gasteiger partial charge on any atom is 0.450 e. The van der Waals surface area contributed by atoms with Crippen LogP contribution in [0.25, 0.3) is 0 Å². The third kappa shape index (κ3) is 2.31. The fraction of sp³-hybridized carbons (Fsp3) is 0.300. The van der Waals surface area contributed by atoms with E-state index >= 15 is 0 Å². The second-order valence-electron chi connectivity index (χ2n) is 3.17. The number of para-hydroxylation sites is 2. The van der Waals surface area contributed by atoms with Gasteiger partial charge in [-0.05, 0) is 12.1 Å². The molecule has 1 N–H and O–H groups in total. The molecule has 15 heavy (non-hydrogen) atoms. The lowest BCUT2D eigenvalue weighted by Crippen LogP contribution is -2.39. The van der Waals surface area contributed by atoms with E-state index in [2.05, 4.69) is 5.32 Å². The zero-order valence-electron chi connectivity index (χ0n) is 7.93. The van der Waals surface area contributed by atoms with Gasteiger partial charge < -0.3 is 14.8 Å². The van der Waals surface area contributed by atoms with Crippen LogP contribution in [0.3, 0.4) is 0 Å². The van der Waals surface area contributed by atoms with Gasteiger partial charge in [-0.2, -0.15) is 0 Å². The van der Waals surface area contributed by atoms with Crippen LogP contribution in [0.2, 0.25) is 0 Å². The van der Waals surface area contributed by atoms with Gasteiger partial charge in [-0.25, -0.2) is 9.90 Å². The highest BCUT2D eigenvalue weighted by atomic mass is 16.6. The largest absolute Gasteiger partial charge is 0.486 e. The van der Waals surface area contributed by atoms with Crippen molar-refractivity contribution in [1.82, 2.24) is 5.32 Å². The summed E-state index contributed by atoms with van der Waals surface area (Å²) >= 11 is 0. The van der Waals surface area contributed by atoms with E-state index in [-0.39, 0.29) is 12.6 Å². The van der Waals surface area contributed by atoms with Crippen LogP contribution in [-0.4, -0.2) is 25.3 Å². The van der Waals surface area contributed by atoms with Crippen molar-refractivity contribution in [3.63, 3.8) is 0 Å². The van der Waals surface area contributed by atoms with Crippen molar-refractivity contribution in [2.24, 2.45) is 0 Å². The first-order valence-corrected chi connectivity index (χ1v) is 4.59. The van der Waals surface area contributed by atoms with Crippen molar-refractivity contribution in [2.45, 2.75) is 6.10 Å². The van der Waals surface area contributed by atoms with Crippen LogP contribution >= 0.6 is 0 Å². The summed E-state index contributed by atoms with van der Waals surface area (Å²) in [5.41, 5.74) is 0. The molecule has 1 aromatic carbocycles. The van der Waals surface area contributed by atoms with Gasteiger partial charge >= 0.3 is 6.09 Å². The smallest absolute Gasteiger partial charge is 0.450 e. The average molecular weight is 208 g/mol. The topological polar surface area (TPSA) is 67.5 Å². The van der Waals surface area contributed by atoms with Gasteiger partial charge in [0.1, 0.15) is 6.61 Å². The third-order valence-electron chi connectivity index (χ3n) is 2.04. The molecule has 1 amide bonds. The molecule has 0 aliphatic carbocycles. The molecule has 1 atom stereocenters. The van der Waals surface area contributed by atoms with Gasteiger partial charge in [-0.3, -0.25) is 0 Å². The number of benzene rings is 1. The zero-order valence-corrected chi connectivity index (χ0v) is 7.93. The highest BCUT2D eigenvalue weighted by Gasteiger charge is 2.20. The van der Waals surface area contributed by atoms with Crippen molar-refractivity contribution < 1.29 is 19.4 Å². The van der Waals surface area contributed by atoms with Crippen LogP contribution < -0.4 is 14.8 Å². The van der Waals surface area contributed by atoms with E-state index in [4.69, 9.17) is 9.47 Å². The Morgan fingerprint density at radius 2 is 2.13 bits per heavy atom. The molecule has 1 aromatic rings. The number of hydrogen-bond donors (Lipinski definition) is 1. The summed E-state index contributed by atoms with van der Waals surface area (Å²) in [5, 5.41) is 12.3. The normalized spacial score (nSPS) is 18.3. The summed E-state index contributed by atoms with van der Waals surface area (Å²) in [7, 11) is 0. The molecule has 0 bridgehead atoms. The third-order valence-corrected chi connectivity index (χ3v) is 2.04. The first-order valence-electron chi connectivity index (χ1n) is 4.59. The van der Waals surface area contributed by atoms with E-state index in [0.717, 1.165) is 0 Å². The number of amides is 1. The van der Waals surface area contributed by atoms with Crippen LogP contribution in [0.4, 0.5) is 4.79 Å². The Morgan fingerprint density at radius 1 is 1.40 bits per heavy atom. The quantitative estimate of drug-likeness (QED) is 0.787. The molecule has 5 heteroatoms. The predicted molar refractivity (Wildman–Crippen MR) is 50.4 cm³/mol. The Morgan fingerprint density at radius 3 is 2.87 bits per heavy atom. The van der Waals surface area contributed by atoms with Crippen molar-refractivity contribution in [3.05, 3.63) is 24.3 Å². The van der Waals surface area contributed by atoms with E-state index in [9.17, 15) is 9.90 Å². The molecule has 0 fully saturated rings. The number of fused-ring (bicyclic) bond motifs is 1. The Kier molecular flexibility index (Phi) is 2.62. The lowest BCUT2D eigenvalue weighted by atomic mass is 10.2. The molecule has 1 unspecified atom stereocenters. The number of carbonyl (C=O) groups excluding carboxylic acids is 1. The molecular formula is C10H10NO4. The van der Waals surface area contributed by atoms with E-state index < -0.39 is 6.09 Å². The molecule has 0 saturated heterocycles. The summed E-state index contributed by atoms with van der Waals surface area (Å²) < 4.78 is 10.9. The average Bonchev–Trinajstić information content (AvgIpc) is 2.26. The van der Waals surface area contributed by atoms with Crippen molar-refractivity contribution in [3.8, 4) is 11.5 Å². The van der Waals surface area contributed by atoms with Crippen molar-refractivity contribution >= 4 is 6.09 Å². The first-order chi connectivity index (χ1) is 7.25. The van der Waals surface area contributed by atoms with E-state index in [0.29, 0.717) is 18.1 Å². The molecule has 1 heterocycles. The maximum absolute atomic E-state index is 10.2. The summed E-state index contributed by atoms with van der Waals surface area (Å²) in [5.74, 6) is 1.32. The van der Waals surface area contributed by atoms with Crippen LogP contribution in [-0.2, 0) is 5.11 Å². The summed E-state index contributed by atoms with van der Waals surface area (Å²) in [6.45, 7) is 0.494. The molecular weight excluding hydrogens is 198 g/mol. The van der Waals surface area contributed by atoms with Gasteiger partial charge in [0.25, 0.3) is 0 Å². The Hall–Kier alpha value is -1.91. The second-order valence-corrected chi connectivity index (χ2v) is 3.17. The minimum absolute atomic E-state index is 0.163. The number of nitrogens with one attached hydrogen (secondary N) is 1. The fourth-order valence-corrected chi connectivity index (χ4v) is 1.36. The molecule has 2 rings (SSSR count). The molecule has 1 aliphatic rings. The van der Waals surface area contributed by atoms with E-state index in [1.807, 2.05) is 12.1 Å². The SMILES string of the molecule is [O]C(=O)NCC1COc2ccccc2O1. The highest BCUT2D eigenvalue weighted by molar-refractivity contribution is 5.63. The summed E-state index contributed by atoms with van der Waals surface area (Å²) in [4.78, 5) is 10.2. The lowest BCUT2D eigenvalue weighted by molar-refractivity contribution is 0.0875. The minimum Gasteiger partial charge on any atom is -0.486 e. The van der Waals surface area contributed by atoms with Crippen LogP contribution in [0.15, 0.2) is 24.3 Å². The van der Waals surface area contributed by atoms with Crippen LogP contribution in [0.5, 0.6) is 11.5 Å². The minimum atomic E-state index is -1.31. The molecule has 0 spiro atoms. The molecule has 0 aromatic heterocycles. The number of carbonyl (C=O) groups is 1. The van der Waals surface area contributed by atoms with Gasteiger partial charge in [-0.1, -0.05) is 12.1 Å². The molecule has 1 radical (unpaired) electrons. The Balaban J connectivity index is 1.96. The molecule has 1 aliphatic heterocycles. The van der Waals surface area contributed by atoms with Gasteiger partial charge in [-0.15, -0.1) is 0 Å². The number of ether oxygens (including phenoxy) is 2. The van der Waals surface area contributed by atoms with Crippen LogP contribution in [0, 0.1) is 0 Å². The van der Waals surface area contributed by atoms with Crippen molar-refractivity contribution in [1.29, 1.82) is 0 Å². The predicted octanol–water partition coefficient (Wildman–Crippen LogP) is 0.967. The van der Waals surface area contributed by atoms with Gasteiger partial charge in [0.05, 0.1) is 6.54 Å². The second kappa shape index (κ2) is 4.08.